The Kier molecular flexibility index (Phi) is 11.0. The Hall–Kier alpha value is -2.43. The van der Waals surface area contributed by atoms with E-state index in [4.69, 9.17) is 22.1 Å². The van der Waals surface area contributed by atoms with E-state index in [2.05, 4.69) is 32.1 Å². The molecule has 3 heterocycles. The number of benzene rings is 2. The molecule has 1 amide bonds. The molecule has 0 radical (unpaired) electrons. The molecular formula is C32H46ClFN6O2. The van der Waals surface area contributed by atoms with Crippen LogP contribution in [0.2, 0.25) is 5.02 Å². The monoisotopic (exact) mass is 600 g/mol. The third-order valence-electron chi connectivity index (χ3n) is 9.06. The number of amides is 1. The van der Waals surface area contributed by atoms with E-state index in [1.807, 2.05) is 24.0 Å². The van der Waals surface area contributed by atoms with Crippen LogP contribution in [0.3, 0.4) is 0 Å². The Morgan fingerprint density at radius 3 is 2.50 bits per heavy atom. The maximum absolute atomic E-state index is 14.5. The smallest absolute Gasteiger partial charge is 0.239 e. The standard InChI is InChI=1S/C32H46ClFN6O2/c1-2-42-30-5-3-4-28(34)27(30)23-38-18-20-40(21-19-38)32(41)31(35)24-8-13-37(14-9-24)15-10-25-22-26(33)6-7-29(25)39-16-11-36-12-17-39/h3-7,22,24,31,36H,2,8-21,23,35H2,1H3/t31-/m1/s1. The van der Waals surface area contributed by atoms with Crippen molar-refractivity contribution in [1.82, 2.24) is 20.0 Å². The molecule has 3 fully saturated rings. The van der Waals surface area contributed by atoms with Crippen LogP contribution < -0.4 is 20.7 Å². The number of likely N-dealkylation sites (tertiary alicyclic amines) is 1. The first kappa shape index (κ1) is 31.0. The number of carbonyl (C=O) groups is 1. The predicted molar refractivity (Wildman–Crippen MR) is 167 cm³/mol. The molecule has 230 valence electrons. The molecule has 0 aromatic heterocycles. The first-order valence-electron chi connectivity index (χ1n) is 15.6. The van der Waals surface area contributed by atoms with Gasteiger partial charge in [0.2, 0.25) is 5.91 Å². The molecule has 2 aromatic carbocycles. The summed E-state index contributed by atoms with van der Waals surface area (Å²) in [6, 6.07) is 10.8. The van der Waals surface area contributed by atoms with Crippen molar-refractivity contribution < 1.29 is 13.9 Å². The first-order chi connectivity index (χ1) is 20.4. The summed E-state index contributed by atoms with van der Waals surface area (Å²) in [5.41, 5.74) is 9.76. The second kappa shape index (κ2) is 14.8. The van der Waals surface area contributed by atoms with Crippen LogP contribution in [0.25, 0.3) is 0 Å². The molecule has 3 saturated heterocycles. The molecule has 1 atom stereocenters. The molecule has 3 N–H and O–H groups in total. The lowest BCUT2D eigenvalue weighted by molar-refractivity contribution is -0.136. The number of rotatable bonds is 10. The molecule has 8 nitrogen and oxygen atoms in total. The second-order valence-corrected chi connectivity index (χ2v) is 12.2. The van der Waals surface area contributed by atoms with Crippen LogP contribution >= 0.6 is 11.6 Å². The number of ether oxygens (including phenoxy) is 1. The molecule has 3 aliphatic rings. The zero-order chi connectivity index (χ0) is 29.5. The van der Waals surface area contributed by atoms with Gasteiger partial charge in [0.1, 0.15) is 11.6 Å². The SMILES string of the molecule is CCOc1cccc(F)c1CN1CCN(C(=O)[C@H](N)C2CCN(CCc3cc(Cl)ccc3N3CCNCC3)CC2)CC1. The lowest BCUT2D eigenvalue weighted by Gasteiger charge is -2.39. The number of piperazine rings is 2. The van der Waals surface area contributed by atoms with E-state index in [0.717, 1.165) is 70.1 Å². The van der Waals surface area contributed by atoms with Crippen molar-refractivity contribution in [3.05, 3.63) is 58.4 Å². The largest absolute Gasteiger partial charge is 0.493 e. The minimum Gasteiger partial charge on any atom is -0.493 e. The molecular weight excluding hydrogens is 555 g/mol. The average Bonchev–Trinajstić information content (AvgIpc) is 3.02. The van der Waals surface area contributed by atoms with Gasteiger partial charge in [-0.25, -0.2) is 4.39 Å². The van der Waals surface area contributed by atoms with Crippen LogP contribution in [-0.2, 0) is 17.8 Å². The van der Waals surface area contributed by atoms with Crippen LogP contribution in [0.5, 0.6) is 5.75 Å². The minimum atomic E-state index is -0.470. The molecule has 10 heteroatoms. The quantitative estimate of drug-likeness (QED) is 0.434. The van der Waals surface area contributed by atoms with Crippen LogP contribution in [0.15, 0.2) is 36.4 Å². The van der Waals surface area contributed by atoms with Gasteiger partial charge in [0.15, 0.2) is 0 Å². The zero-order valence-electron chi connectivity index (χ0n) is 24.9. The van der Waals surface area contributed by atoms with Crippen LogP contribution in [0.1, 0.15) is 30.9 Å². The molecule has 0 saturated carbocycles. The summed E-state index contributed by atoms with van der Waals surface area (Å²) in [5.74, 6) is 0.590. The first-order valence-corrected chi connectivity index (χ1v) is 15.9. The van der Waals surface area contributed by atoms with Gasteiger partial charge in [0.25, 0.3) is 0 Å². The normalized spacial score (nSPS) is 20.1. The van der Waals surface area contributed by atoms with Gasteiger partial charge in [0, 0.05) is 81.7 Å². The van der Waals surface area contributed by atoms with Crippen molar-refractivity contribution in [3.8, 4) is 5.75 Å². The van der Waals surface area contributed by atoms with Gasteiger partial charge >= 0.3 is 0 Å². The van der Waals surface area contributed by atoms with Crippen LogP contribution in [0.4, 0.5) is 10.1 Å². The van der Waals surface area contributed by atoms with Crippen molar-refractivity contribution in [2.45, 2.75) is 38.8 Å². The van der Waals surface area contributed by atoms with Crippen molar-refractivity contribution in [2.24, 2.45) is 11.7 Å². The summed E-state index contributed by atoms with van der Waals surface area (Å²) in [7, 11) is 0. The van der Waals surface area contributed by atoms with Gasteiger partial charge in [-0.1, -0.05) is 17.7 Å². The summed E-state index contributed by atoms with van der Waals surface area (Å²) in [6.07, 6.45) is 2.82. The minimum absolute atomic E-state index is 0.0496. The van der Waals surface area contributed by atoms with Crippen LogP contribution in [0, 0.1) is 11.7 Å². The van der Waals surface area contributed by atoms with Gasteiger partial charge in [-0.3, -0.25) is 9.69 Å². The van der Waals surface area contributed by atoms with E-state index >= 15 is 0 Å². The molecule has 3 aliphatic heterocycles. The molecule has 0 aliphatic carbocycles. The molecule has 0 unspecified atom stereocenters. The molecule has 0 spiro atoms. The molecule has 42 heavy (non-hydrogen) atoms. The fourth-order valence-corrected chi connectivity index (χ4v) is 6.72. The fourth-order valence-electron chi connectivity index (χ4n) is 6.53. The zero-order valence-corrected chi connectivity index (χ0v) is 25.6. The van der Waals surface area contributed by atoms with Crippen molar-refractivity contribution >= 4 is 23.2 Å². The number of halogens is 2. The maximum Gasteiger partial charge on any atom is 0.239 e. The Bertz CT molecular complexity index is 1180. The average molecular weight is 601 g/mol. The van der Waals surface area contributed by atoms with Crippen molar-refractivity contribution in [1.29, 1.82) is 0 Å². The second-order valence-electron chi connectivity index (χ2n) is 11.7. The fraction of sp³-hybridized carbons (Fsp3) is 0.594. The summed E-state index contributed by atoms with van der Waals surface area (Å²) in [4.78, 5) is 22.4. The third kappa shape index (κ3) is 7.74. The van der Waals surface area contributed by atoms with Crippen LogP contribution in [-0.4, -0.2) is 105 Å². The lowest BCUT2D eigenvalue weighted by atomic mass is 9.88. The van der Waals surface area contributed by atoms with E-state index in [9.17, 15) is 9.18 Å². The maximum atomic E-state index is 14.5. The number of hydrogen-bond donors (Lipinski definition) is 2. The Morgan fingerprint density at radius 1 is 1.05 bits per heavy atom. The summed E-state index contributed by atoms with van der Waals surface area (Å²) < 4.78 is 20.2. The molecule has 2 aromatic rings. The van der Waals surface area contributed by atoms with Gasteiger partial charge in [-0.05, 0) is 81.1 Å². The highest BCUT2D eigenvalue weighted by atomic mass is 35.5. The number of nitrogens with two attached hydrogens (primary N) is 1. The van der Waals surface area contributed by atoms with Gasteiger partial charge in [0.05, 0.1) is 12.6 Å². The van der Waals surface area contributed by atoms with Gasteiger partial charge in [-0.15, -0.1) is 0 Å². The highest BCUT2D eigenvalue weighted by molar-refractivity contribution is 6.30. The van der Waals surface area contributed by atoms with Gasteiger partial charge < -0.3 is 30.5 Å². The van der Waals surface area contributed by atoms with Crippen molar-refractivity contribution in [2.75, 3.05) is 83.5 Å². The van der Waals surface area contributed by atoms with E-state index in [0.29, 0.717) is 50.6 Å². The number of piperidine rings is 1. The van der Waals surface area contributed by atoms with Crippen molar-refractivity contribution in [3.63, 3.8) is 0 Å². The summed E-state index contributed by atoms with van der Waals surface area (Å²) in [5, 5.41) is 4.21. The Balaban J connectivity index is 1.07. The van der Waals surface area contributed by atoms with E-state index in [1.54, 1.807) is 6.07 Å². The topological polar surface area (TPSA) is 77.3 Å². The Morgan fingerprint density at radius 2 is 1.79 bits per heavy atom. The number of nitrogens with one attached hydrogen (secondary N) is 1. The van der Waals surface area contributed by atoms with E-state index in [-0.39, 0.29) is 17.6 Å². The Labute approximate surface area is 254 Å². The highest BCUT2D eigenvalue weighted by Crippen LogP contribution is 2.28. The number of hydrogen-bond acceptors (Lipinski definition) is 7. The lowest BCUT2D eigenvalue weighted by Crippen LogP contribution is -2.55. The molecule has 5 rings (SSSR count). The number of carbonyl (C=O) groups excluding carboxylic acids is 1. The number of anilines is 1. The summed E-state index contributed by atoms with van der Waals surface area (Å²) in [6.45, 7) is 12.4. The third-order valence-corrected chi connectivity index (χ3v) is 9.30. The molecule has 0 bridgehead atoms. The highest BCUT2D eigenvalue weighted by Gasteiger charge is 2.33. The predicted octanol–water partition coefficient (Wildman–Crippen LogP) is 3.21. The number of nitrogens with zero attached hydrogens (tertiary/aromatic N) is 4. The van der Waals surface area contributed by atoms with E-state index in [1.165, 1.54) is 17.3 Å². The summed E-state index contributed by atoms with van der Waals surface area (Å²) >= 11 is 6.38. The van der Waals surface area contributed by atoms with E-state index < -0.39 is 6.04 Å². The van der Waals surface area contributed by atoms with Gasteiger partial charge in [-0.2, -0.15) is 0 Å².